The zero-order chi connectivity index (χ0) is 19.1. The van der Waals surface area contributed by atoms with Crippen LogP contribution < -0.4 is 15.4 Å². The molecule has 8 nitrogen and oxygen atoms in total. The van der Waals surface area contributed by atoms with E-state index in [9.17, 15) is 14.4 Å². The van der Waals surface area contributed by atoms with Crippen LogP contribution in [0.4, 0.5) is 0 Å². The number of hydrogen-bond donors (Lipinski definition) is 3. The van der Waals surface area contributed by atoms with Gasteiger partial charge in [0.15, 0.2) is 0 Å². The summed E-state index contributed by atoms with van der Waals surface area (Å²) in [4.78, 5) is 39.3. The molecule has 1 aliphatic carbocycles. The molecule has 1 fully saturated rings. The summed E-state index contributed by atoms with van der Waals surface area (Å²) in [5, 5.41) is 14.0. The van der Waals surface area contributed by atoms with Gasteiger partial charge in [0.25, 0.3) is 5.91 Å². The van der Waals surface area contributed by atoms with Crippen LogP contribution in [0.15, 0.2) is 18.3 Å². The fourth-order valence-electron chi connectivity index (χ4n) is 2.48. The Balaban J connectivity index is 1.84. The third kappa shape index (κ3) is 6.02. The molecule has 1 atom stereocenters. The van der Waals surface area contributed by atoms with Gasteiger partial charge < -0.3 is 20.5 Å². The van der Waals surface area contributed by atoms with Crippen molar-refractivity contribution < 1.29 is 24.2 Å². The maximum atomic E-state index is 12.2. The zero-order valence-corrected chi connectivity index (χ0v) is 15.0. The number of pyridine rings is 1. The molecule has 8 heteroatoms. The van der Waals surface area contributed by atoms with E-state index in [1.165, 1.54) is 18.3 Å². The first kappa shape index (κ1) is 19.7. The summed E-state index contributed by atoms with van der Waals surface area (Å²) in [6.07, 6.45) is 5.06. The van der Waals surface area contributed by atoms with Gasteiger partial charge in [0.2, 0.25) is 11.8 Å². The minimum atomic E-state index is -1.09. The van der Waals surface area contributed by atoms with Crippen LogP contribution in [0.3, 0.4) is 0 Å². The molecule has 2 amide bonds. The van der Waals surface area contributed by atoms with Crippen molar-refractivity contribution in [1.82, 2.24) is 15.6 Å². The highest BCUT2D eigenvalue weighted by Crippen LogP contribution is 2.24. The van der Waals surface area contributed by atoms with E-state index in [0.29, 0.717) is 17.9 Å². The van der Waals surface area contributed by atoms with E-state index < -0.39 is 23.8 Å². The van der Waals surface area contributed by atoms with Crippen molar-refractivity contribution in [3.63, 3.8) is 0 Å². The van der Waals surface area contributed by atoms with Gasteiger partial charge in [-0.1, -0.05) is 13.8 Å². The first-order chi connectivity index (χ1) is 12.3. The van der Waals surface area contributed by atoms with Crippen LogP contribution in [-0.4, -0.2) is 46.6 Å². The SMILES string of the molecule is CC(C)C[C@H](NC(=O)CNC(=O)c1ccnc(OC2CCC2)c1)C(=O)O. The summed E-state index contributed by atoms with van der Waals surface area (Å²) in [6.45, 7) is 3.44. The molecule has 1 aliphatic rings. The van der Waals surface area contributed by atoms with Crippen LogP contribution in [-0.2, 0) is 9.59 Å². The Morgan fingerprint density at radius 1 is 1.35 bits per heavy atom. The first-order valence-corrected chi connectivity index (χ1v) is 8.78. The van der Waals surface area contributed by atoms with Crippen LogP contribution in [0.2, 0.25) is 0 Å². The van der Waals surface area contributed by atoms with E-state index in [0.717, 1.165) is 19.3 Å². The van der Waals surface area contributed by atoms with Crippen molar-refractivity contribution in [3.05, 3.63) is 23.9 Å². The summed E-state index contributed by atoms with van der Waals surface area (Å²) in [5.74, 6) is -1.58. The van der Waals surface area contributed by atoms with Crippen LogP contribution in [0.25, 0.3) is 0 Å². The van der Waals surface area contributed by atoms with E-state index in [1.807, 2.05) is 13.8 Å². The number of nitrogens with one attached hydrogen (secondary N) is 2. The number of aliphatic carboxylic acids is 1. The first-order valence-electron chi connectivity index (χ1n) is 8.78. The number of carboxylic acids is 1. The van der Waals surface area contributed by atoms with Crippen LogP contribution in [0, 0.1) is 5.92 Å². The van der Waals surface area contributed by atoms with Gasteiger partial charge in [-0.05, 0) is 37.7 Å². The van der Waals surface area contributed by atoms with Crippen LogP contribution in [0.5, 0.6) is 5.88 Å². The largest absolute Gasteiger partial charge is 0.480 e. The number of carboxylic acid groups (broad SMARTS) is 1. The number of carbonyl (C=O) groups excluding carboxylic acids is 2. The molecule has 142 valence electrons. The Hall–Kier alpha value is -2.64. The predicted octanol–water partition coefficient (Wildman–Crippen LogP) is 1.36. The molecule has 26 heavy (non-hydrogen) atoms. The fraction of sp³-hybridized carbons (Fsp3) is 0.556. The lowest BCUT2D eigenvalue weighted by Crippen LogP contribution is -2.46. The van der Waals surface area contributed by atoms with Gasteiger partial charge in [-0.15, -0.1) is 0 Å². The maximum absolute atomic E-state index is 12.2. The van der Waals surface area contributed by atoms with Gasteiger partial charge in [0, 0.05) is 17.8 Å². The van der Waals surface area contributed by atoms with Gasteiger partial charge in [0.1, 0.15) is 12.1 Å². The Kier molecular flexibility index (Phi) is 6.94. The van der Waals surface area contributed by atoms with E-state index in [-0.39, 0.29) is 18.6 Å². The average Bonchev–Trinajstić information content (AvgIpc) is 2.55. The van der Waals surface area contributed by atoms with Gasteiger partial charge in [-0.3, -0.25) is 9.59 Å². The van der Waals surface area contributed by atoms with Crippen molar-refractivity contribution in [1.29, 1.82) is 0 Å². The standard InChI is InChI=1S/C18H25N3O5/c1-11(2)8-14(18(24)25)21-15(22)10-20-17(23)12-6-7-19-16(9-12)26-13-4-3-5-13/h6-7,9,11,13-14H,3-5,8,10H2,1-2H3,(H,20,23)(H,21,22)(H,24,25)/t14-/m0/s1. The second-order valence-corrected chi connectivity index (χ2v) is 6.82. The highest BCUT2D eigenvalue weighted by Gasteiger charge is 2.22. The molecule has 1 saturated carbocycles. The van der Waals surface area contributed by atoms with E-state index in [1.54, 1.807) is 0 Å². The van der Waals surface area contributed by atoms with Crippen molar-refractivity contribution in [2.75, 3.05) is 6.54 Å². The molecular formula is C18H25N3O5. The van der Waals surface area contributed by atoms with Gasteiger partial charge in [-0.25, -0.2) is 9.78 Å². The number of hydrogen-bond acceptors (Lipinski definition) is 5. The number of aromatic nitrogens is 1. The quantitative estimate of drug-likeness (QED) is 0.610. The third-order valence-corrected chi connectivity index (χ3v) is 4.09. The second kappa shape index (κ2) is 9.17. The molecule has 0 aromatic carbocycles. The molecule has 1 heterocycles. The molecule has 0 aliphatic heterocycles. The van der Waals surface area contributed by atoms with E-state index in [4.69, 9.17) is 9.84 Å². The number of nitrogens with zero attached hydrogens (tertiary/aromatic N) is 1. The molecule has 0 bridgehead atoms. The van der Waals surface area contributed by atoms with Crippen LogP contribution >= 0.6 is 0 Å². The van der Waals surface area contributed by atoms with Crippen molar-refractivity contribution >= 4 is 17.8 Å². The van der Waals surface area contributed by atoms with Crippen molar-refractivity contribution in [3.8, 4) is 5.88 Å². The lowest BCUT2D eigenvalue weighted by atomic mass is 9.96. The second-order valence-electron chi connectivity index (χ2n) is 6.82. The van der Waals surface area contributed by atoms with E-state index in [2.05, 4.69) is 15.6 Å². The van der Waals surface area contributed by atoms with Crippen LogP contribution in [0.1, 0.15) is 49.9 Å². The molecule has 0 radical (unpaired) electrons. The molecule has 1 aromatic rings. The van der Waals surface area contributed by atoms with Gasteiger partial charge in [-0.2, -0.15) is 0 Å². The predicted molar refractivity (Wildman–Crippen MR) is 93.9 cm³/mol. The molecule has 0 unspecified atom stereocenters. The number of ether oxygens (including phenoxy) is 1. The molecule has 0 spiro atoms. The minimum Gasteiger partial charge on any atom is -0.480 e. The Morgan fingerprint density at radius 2 is 2.08 bits per heavy atom. The van der Waals surface area contributed by atoms with Gasteiger partial charge in [0.05, 0.1) is 6.54 Å². The Labute approximate surface area is 152 Å². The summed E-state index contributed by atoms with van der Waals surface area (Å²) in [7, 11) is 0. The highest BCUT2D eigenvalue weighted by molar-refractivity contribution is 5.97. The van der Waals surface area contributed by atoms with Gasteiger partial charge >= 0.3 is 5.97 Å². The maximum Gasteiger partial charge on any atom is 0.326 e. The molecule has 3 N–H and O–H groups in total. The number of amides is 2. The number of rotatable bonds is 9. The average molecular weight is 363 g/mol. The fourth-order valence-corrected chi connectivity index (χ4v) is 2.48. The summed E-state index contributed by atoms with van der Waals surface area (Å²) < 4.78 is 5.65. The number of carbonyl (C=O) groups is 3. The Bertz CT molecular complexity index is 658. The molecule has 2 rings (SSSR count). The monoisotopic (exact) mass is 363 g/mol. The minimum absolute atomic E-state index is 0.122. The smallest absolute Gasteiger partial charge is 0.326 e. The molecular weight excluding hydrogens is 338 g/mol. The van der Waals surface area contributed by atoms with E-state index >= 15 is 0 Å². The Morgan fingerprint density at radius 3 is 2.65 bits per heavy atom. The normalized spacial score (nSPS) is 15.0. The summed E-state index contributed by atoms with van der Waals surface area (Å²) in [5.41, 5.74) is 0.332. The lowest BCUT2D eigenvalue weighted by Gasteiger charge is -2.25. The zero-order valence-electron chi connectivity index (χ0n) is 15.0. The molecule has 1 aromatic heterocycles. The lowest BCUT2D eigenvalue weighted by molar-refractivity contribution is -0.142. The summed E-state index contributed by atoms with van der Waals surface area (Å²) in [6, 6.07) is 2.09. The topological polar surface area (TPSA) is 118 Å². The highest BCUT2D eigenvalue weighted by atomic mass is 16.5. The molecule has 0 saturated heterocycles. The summed E-state index contributed by atoms with van der Waals surface area (Å²) >= 11 is 0. The van der Waals surface area contributed by atoms with Crippen molar-refractivity contribution in [2.24, 2.45) is 5.92 Å². The van der Waals surface area contributed by atoms with Crippen molar-refractivity contribution in [2.45, 2.75) is 51.7 Å². The third-order valence-electron chi connectivity index (χ3n) is 4.09.